The maximum atomic E-state index is 2.37. The molecule has 14 heavy (non-hydrogen) atoms. The van der Waals surface area contributed by atoms with Crippen LogP contribution < -0.4 is 0 Å². The van der Waals surface area contributed by atoms with Gasteiger partial charge < -0.3 is 0 Å². The van der Waals surface area contributed by atoms with E-state index in [1.807, 2.05) is 11.3 Å². The van der Waals surface area contributed by atoms with E-state index < -0.39 is 0 Å². The lowest BCUT2D eigenvalue weighted by Crippen LogP contribution is -1.82. The molecule has 2 aromatic rings. The molecule has 1 aliphatic rings. The summed E-state index contributed by atoms with van der Waals surface area (Å²) in [5, 5.41) is 2.14. The predicted molar refractivity (Wildman–Crippen MR) is 61.8 cm³/mol. The van der Waals surface area contributed by atoms with Crippen molar-refractivity contribution < 1.29 is 0 Å². The van der Waals surface area contributed by atoms with E-state index in [1.54, 1.807) is 11.1 Å². The third-order valence-corrected chi connectivity index (χ3v) is 3.82. The minimum atomic E-state index is 1.27. The second-order valence-corrected chi connectivity index (χ2v) is 4.76. The molecule has 0 saturated carbocycles. The Balaban J connectivity index is 2.09. The Hall–Kier alpha value is -1.08. The fourth-order valence-corrected chi connectivity index (χ4v) is 2.89. The highest BCUT2D eigenvalue weighted by Gasteiger charge is 2.11. The molecule has 0 radical (unpaired) electrons. The van der Waals surface area contributed by atoms with E-state index in [1.165, 1.54) is 29.7 Å². The average molecular weight is 200 g/mol. The molecule has 0 fully saturated rings. The normalized spacial score (nSPS) is 14.3. The Morgan fingerprint density at radius 3 is 2.79 bits per heavy atom. The van der Waals surface area contributed by atoms with Crippen LogP contribution in [0.25, 0.3) is 10.4 Å². The molecule has 0 amide bonds. The van der Waals surface area contributed by atoms with Crippen LogP contribution in [0.15, 0.2) is 35.7 Å². The zero-order chi connectivity index (χ0) is 9.38. The summed E-state index contributed by atoms with van der Waals surface area (Å²) in [6.07, 6.45) is 3.89. The molecule has 0 atom stereocenters. The zero-order valence-corrected chi connectivity index (χ0v) is 8.81. The Morgan fingerprint density at radius 2 is 1.93 bits per heavy atom. The van der Waals surface area contributed by atoms with Gasteiger partial charge in [0.2, 0.25) is 0 Å². The van der Waals surface area contributed by atoms with Gasteiger partial charge >= 0.3 is 0 Å². The van der Waals surface area contributed by atoms with Crippen LogP contribution in [0.2, 0.25) is 0 Å². The number of hydrogen-bond acceptors (Lipinski definition) is 1. The summed E-state index contributed by atoms with van der Waals surface area (Å²) in [7, 11) is 0. The Kier molecular flexibility index (Phi) is 1.91. The van der Waals surface area contributed by atoms with E-state index in [0.29, 0.717) is 0 Å². The van der Waals surface area contributed by atoms with Crippen LogP contribution in [-0.4, -0.2) is 0 Å². The van der Waals surface area contributed by atoms with Gasteiger partial charge in [0.05, 0.1) is 0 Å². The van der Waals surface area contributed by atoms with Crippen molar-refractivity contribution in [3.05, 3.63) is 46.8 Å². The minimum absolute atomic E-state index is 1.27. The van der Waals surface area contributed by atoms with Gasteiger partial charge in [0.1, 0.15) is 0 Å². The molecule has 1 heterocycles. The van der Waals surface area contributed by atoms with E-state index in [9.17, 15) is 0 Å². The quantitative estimate of drug-likeness (QED) is 0.655. The van der Waals surface area contributed by atoms with Crippen LogP contribution >= 0.6 is 11.3 Å². The number of hydrogen-bond donors (Lipinski definition) is 0. The lowest BCUT2D eigenvalue weighted by molar-refractivity contribution is 0.912. The van der Waals surface area contributed by atoms with E-state index in [0.717, 1.165) is 0 Å². The van der Waals surface area contributed by atoms with Gasteiger partial charge in [-0.25, -0.2) is 0 Å². The average Bonchev–Trinajstić information content (AvgIpc) is 2.88. The Bertz CT molecular complexity index is 440. The maximum Gasteiger partial charge on any atom is 0.0342 e. The van der Waals surface area contributed by atoms with Gasteiger partial charge in [0, 0.05) is 4.88 Å². The number of benzene rings is 1. The monoisotopic (exact) mass is 200 g/mol. The van der Waals surface area contributed by atoms with Crippen LogP contribution in [0, 0.1) is 0 Å². The molecule has 1 aliphatic carbocycles. The second kappa shape index (κ2) is 3.25. The molecule has 3 rings (SSSR count). The van der Waals surface area contributed by atoms with Gasteiger partial charge in [-0.05, 0) is 47.4 Å². The summed E-state index contributed by atoms with van der Waals surface area (Å²) in [5.41, 5.74) is 4.52. The van der Waals surface area contributed by atoms with Crippen molar-refractivity contribution in [2.24, 2.45) is 0 Å². The molecule has 0 nitrogen and oxygen atoms in total. The molecule has 0 saturated heterocycles. The lowest BCUT2D eigenvalue weighted by Gasteiger charge is -2.02. The van der Waals surface area contributed by atoms with Crippen molar-refractivity contribution >= 4 is 11.3 Å². The van der Waals surface area contributed by atoms with Crippen molar-refractivity contribution in [1.82, 2.24) is 0 Å². The molecular formula is C13H12S. The molecule has 0 N–H and O–H groups in total. The van der Waals surface area contributed by atoms with Crippen LogP contribution in [0.5, 0.6) is 0 Å². The third kappa shape index (κ3) is 1.28. The number of thiophene rings is 1. The maximum absolute atomic E-state index is 2.37. The Morgan fingerprint density at radius 1 is 1.00 bits per heavy atom. The molecular weight excluding hydrogens is 188 g/mol. The van der Waals surface area contributed by atoms with Crippen molar-refractivity contribution in [2.75, 3.05) is 0 Å². The molecule has 0 spiro atoms. The minimum Gasteiger partial charge on any atom is -0.144 e. The summed E-state index contributed by atoms with van der Waals surface area (Å²) in [4.78, 5) is 1.39. The molecule has 1 aromatic heterocycles. The van der Waals surface area contributed by atoms with Crippen molar-refractivity contribution in [3.63, 3.8) is 0 Å². The van der Waals surface area contributed by atoms with Crippen LogP contribution in [0.3, 0.4) is 0 Å². The zero-order valence-electron chi connectivity index (χ0n) is 7.99. The van der Waals surface area contributed by atoms with Gasteiger partial charge in [0.15, 0.2) is 0 Å². The van der Waals surface area contributed by atoms with Crippen LogP contribution in [0.4, 0.5) is 0 Å². The van der Waals surface area contributed by atoms with Gasteiger partial charge in [0.25, 0.3) is 0 Å². The standard InChI is InChI=1S/C13H12S/c1-3-10-6-7-12(9-11(10)4-1)13-5-2-8-14-13/h2,5-9H,1,3-4H2. The molecule has 70 valence electrons. The van der Waals surface area contributed by atoms with E-state index in [2.05, 4.69) is 35.7 Å². The van der Waals surface area contributed by atoms with Crippen molar-refractivity contribution in [2.45, 2.75) is 19.3 Å². The van der Waals surface area contributed by atoms with Gasteiger partial charge in [-0.3, -0.25) is 0 Å². The highest BCUT2D eigenvalue weighted by molar-refractivity contribution is 7.13. The van der Waals surface area contributed by atoms with E-state index >= 15 is 0 Å². The summed E-state index contributed by atoms with van der Waals surface area (Å²) in [6, 6.07) is 11.2. The molecule has 0 aliphatic heterocycles. The van der Waals surface area contributed by atoms with Gasteiger partial charge in [-0.15, -0.1) is 11.3 Å². The SMILES string of the molecule is c1csc(-c2ccc3c(c2)CCC3)c1. The first-order chi connectivity index (χ1) is 6.93. The summed E-state index contributed by atoms with van der Waals surface area (Å²) in [6.45, 7) is 0. The first-order valence-electron chi connectivity index (χ1n) is 5.09. The summed E-state index contributed by atoms with van der Waals surface area (Å²) >= 11 is 1.82. The number of fused-ring (bicyclic) bond motifs is 1. The molecule has 1 aromatic carbocycles. The second-order valence-electron chi connectivity index (χ2n) is 3.81. The highest BCUT2D eigenvalue weighted by atomic mass is 32.1. The van der Waals surface area contributed by atoms with E-state index in [4.69, 9.17) is 0 Å². The largest absolute Gasteiger partial charge is 0.144 e. The summed E-state index contributed by atoms with van der Waals surface area (Å²) in [5.74, 6) is 0. The smallest absolute Gasteiger partial charge is 0.0342 e. The topological polar surface area (TPSA) is 0 Å². The van der Waals surface area contributed by atoms with Gasteiger partial charge in [-0.1, -0.05) is 24.3 Å². The Labute approximate surface area is 88.2 Å². The lowest BCUT2D eigenvalue weighted by atomic mass is 10.1. The third-order valence-electron chi connectivity index (χ3n) is 2.90. The van der Waals surface area contributed by atoms with Crippen LogP contribution in [-0.2, 0) is 12.8 Å². The van der Waals surface area contributed by atoms with Crippen LogP contribution in [0.1, 0.15) is 17.5 Å². The first kappa shape index (κ1) is 8.25. The fraction of sp³-hybridized carbons (Fsp3) is 0.231. The van der Waals surface area contributed by atoms with E-state index in [-0.39, 0.29) is 0 Å². The van der Waals surface area contributed by atoms with Crippen molar-refractivity contribution in [3.8, 4) is 10.4 Å². The predicted octanol–water partition coefficient (Wildman–Crippen LogP) is 3.90. The molecule has 0 bridgehead atoms. The highest BCUT2D eigenvalue weighted by Crippen LogP contribution is 2.30. The molecule has 1 heteroatoms. The van der Waals surface area contributed by atoms with Crippen molar-refractivity contribution in [1.29, 1.82) is 0 Å². The number of rotatable bonds is 1. The molecule has 0 unspecified atom stereocenters. The summed E-state index contributed by atoms with van der Waals surface area (Å²) < 4.78 is 0. The number of aryl methyl sites for hydroxylation is 2. The van der Waals surface area contributed by atoms with Gasteiger partial charge in [-0.2, -0.15) is 0 Å². The first-order valence-corrected chi connectivity index (χ1v) is 5.97. The fourth-order valence-electron chi connectivity index (χ4n) is 2.17.